The molecule has 306 valence electrons. The number of hydrogen-bond donors (Lipinski definition) is 0. The van der Waals surface area contributed by atoms with Crippen molar-refractivity contribution in [1.29, 1.82) is 0 Å². The molecule has 8 aromatic carbocycles. The van der Waals surface area contributed by atoms with Crippen molar-refractivity contribution in [2.24, 2.45) is 0 Å². The van der Waals surface area contributed by atoms with Gasteiger partial charge in [0.25, 0.3) is 0 Å². The molecule has 0 radical (unpaired) electrons. The number of aryl methyl sites for hydroxylation is 6. The van der Waals surface area contributed by atoms with Crippen molar-refractivity contribution < 1.29 is 0 Å². The Kier molecular flexibility index (Phi) is 9.23. The van der Waals surface area contributed by atoms with E-state index in [-0.39, 0.29) is 10.8 Å². The first-order chi connectivity index (χ1) is 29.8. The van der Waals surface area contributed by atoms with Crippen molar-refractivity contribution in [2.75, 3.05) is 9.80 Å². The van der Waals surface area contributed by atoms with Gasteiger partial charge in [0.1, 0.15) is 0 Å². The summed E-state index contributed by atoms with van der Waals surface area (Å²) in [5.74, 6) is 0. The molecule has 0 N–H and O–H groups in total. The summed E-state index contributed by atoms with van der Waals surface area (Å²) in [7, 11) is 0. The van der Waals surface area contributed by atoms with Gasteiger partial charge in [-0.05, 0) is 191 Å². The van der Waals surface area contributed by atoms with Crippen LogP contribution in [0.5, 0.6) is 0 Å². The van der Waals surface area contributed by atoms with E-state index >= 15 is 0 Å². The second kappa shape index (κ2) is 14.5. The highest BCUT2D eigenvalue weighted by atomic mass is 15.2. The van der Waals surface area contributed by atoms with Gasteiger partial charge >= 0.3 is 0 Å². The monoisotopic (exact) mass is 804 g/mol. The summed E-state index contributed by atoms with van der Waals surface area (Å²) < 4.78 is 0. The second-order valence-electron chi connectivity index (χ2n) is 19.0. The minimum Gasteiger partial charge on any atom is -0.310 e. The van der Waals surface area contributed by atoms with Gasteiger partial charge in [-0.2, -0.15) is 0 Å². The summed E-state index contributed by atoms with van der Waals surface area (Å²) in [4.78, 5) is 4.94. The molecule has 8 aromatic rings. The van der Waals surface area contributed by atoms with Crippen LogP contribution in [0.3, 0.4) is 0 Å². The van der Waals surface area contributed by atoms with Gasteiger partial charge in [0.05, 0.1) is 0 Å². The van der Waals surface area contributed by atoms with E-state index in [2.05, 4.69) is 237 Å². The van der Waals surface area contributed by atoms with Crippen LogP contribution in [0.15, 0.2) is 158 Å². The van der Waals surface area contributed by atoms with Crippen molar-refractivity contribution in [3.05, 3.63) is 213 Å². The molecule has 2 aliphatic carbocycles. The predicted molar refractivity (Wildman–Crippen MR) is 265 cm³/mol. The van der Waals surface area contributed by atoms with E-state index in [4.69, 9.17) is 0 Å². The first-order valence-electron chi connectivity index (χ1n) is 22.2. The van der Waals surface area contributed by atoms with Crippen molar-refractivity contribution in [1.82, 2.24) is 0 Å². The lowest BCUT2D eigenvalue weighted by Gasteiger charge is -2.31. The first kappa shape index (κ1) is 39.5. The molecule has 0 aliphatic heterocycles. The van der Waals surface area contributed by atoms with Crippen LogP contribution in [0.25, 0.3) is 33.4 Å². The van der Waals surface area contributed by atoms with E-state index in [0.717, 1.165) is 0 Å². The summed E-state index contributed by atoms with van der Waals surface area (Å²) in [5.41, 5.74) is 28.0. The molecule has 0 atom stereocenters. The van der Waals surface area contributed by atoms with Gasteiger partial charge < -0.3 is 9.80 Å². The number of fused-ring (bicyclic) bond motifs is 6. The lowest BCUT2D eigenvalue weighted by molar-refractivity contribution is 0.660. The van der Waals surface area contributed by atoms with Crippen LogP contribution in [0.2, 0.25) is 0 Å². The number of benzene rings is 8. The van der Waals surface area contributed by atoms with Gasteiger partial charge in [0.2, 0.25) is 0 Å². The zero-order valence-electron chi connectivity index (χ0n) is 37.9. The maximum absolute atomic E-state index is 2.47. The van der Waals surface area contributed by atoms with E-state index < -0.39 is 0 Å². The standard InChI is InChI=1S/C60H56N2/c1-37-19-11-17-25-55(37)61(43-27-29-49-47-21-13-15-23-51(47)59(7,8)53(49)35-43)45-31-39(3)57(40(4)32-45)58-41(5)33-46(34-42(58)6)62(56-26-18-12-20-38(56)2)44-28-30-50-48-22-14-16-24-52(48)60(9,10)54(50)36-44/h11-36H,1-10H3. The molecular weight excluding hydrogens is 749 g/mol. The van der Waals surface area contributed by atoms with Gasteiger partial charge in [0.15, 0.2) is 0 Å². The largest absolute Gasteiger partial charge is 0.310 e. The molecule has 2 aliphatic rings. The Bertz CT molecular complexity index is 2850. The van der Waals surface area contributed by atoms with E-state index in [1.807, 2.05) is 0 Å². The quantitative estimate of drug-likeness (QED) is 0.158. The van der Waals surface area contributed by atoms with Gasteiger partial charge in [-0.1, -0.05) is 125 Å². The third-order valence-electron chi connectivity index (χ3n) is 14.2. The fourth-order valence-electron chi connectivity index (χ4n) is 11.1. The van der Waals surface area contributed by atoms with Crippen molar-refractivity contribution in [2.45, 2.75) is 80.1 Å². The molecule has 0 bridgehead atoms. The molecule has 0 saturated carbocycles. The fraction of sp³-hybridized carbons (Fsp3) is 0.200. The second-order valence-corrected chi connectivity index (χ2v) is 19.0. The number of rotatable bonds is 7. The van der Waals surface area contributed by atoms with Crippen LogP contribution in [-0.2, 0) is 10.8 Å². The highest BCUT2D eigenvalue weighted by Gasteiger charge is 2.37. The first-order valence-corrected chi connectivity index (χ1v) is 22.2. The molecule has 62 heavy (non-hydrogen) atoms. The lowest BCUT2D eigenvalue weighted by atomic mass is 9.82. The molecule has 0 fully saturated rings. The maximum Gasteiger partial charge on any atom is 0.0490 e. The number of anilines is 6. The number of para-hydroxylation sites is 2. The lowest BCUT2D eigenvalue weighted by Crippen LogP contribution is -2.17. The highest BCUT2D eigenvalue weighted by molar-refractivity contribution is 5.90. The molecule has 0 heterocycles. The summed E-state index contributed by atoms with van der Waals surface area (Å²) >= 11 is 0. The van der Waals surface area contributed by atoms with Crippen LogP contribution in [0.1, 0.15) is 83.3 Å². The smallest absolute Gasteiger partial charge is 0.0490 e. The predicted octanol–water partition coefficient (Wildman–Crippen LogP) is 16.8. The Morgan fingerprint density at radius 3 is 0.984 bits per heavy atom. The molecule has 0 amide bonds. The highest BCUT2D eigenvalue weighted by Crippen LogP contribution is 2.53. The van der Waals surface area contributed by atoms with Gasteiger partial charge in [-0.15, -0.1) is 0 Å². The zero-order chi connectivity index (χ0) is 43.2. The molecular formula is C60H56N2. The molecule has 0 unspecified atom stereocenters. The van der Waals surface area contributed by atoms with Gasteiger partial charge in [-0.3, -0.25) is 0 Å². The van der Waals surface area contributed by atoms with Crippen LogP contribution >= 0.6 is 0 Å². The topological polar surface area (TPSA) is 6.48 Å². The van der Waals surface area contributed by atoms with Crippen molar-refractivity contribution >= 4 is 34.1 Å². The molecule has 0 saturated heterocycles. The Morgan fingerprint density at radius 2 is 0.613 bits per heavy atom. The molecule has 0 aromatic heterocycles. The zero-order valence-corrected chi connectivity index (χ0v) is 37.9. The Balaban J connectivity index is 1.08. The van der Waals surface area contributed by atoms with Crippen molar-refractivity contribution in [3.63, 3.8) is 0 Å². The molecule has 2 heteroatoms. The van der Waals surface area contributed by atoms with Gasteiger partial charge in [0, 0.05) is 45.0 Å². The van der Waals surface area contributed by atoms with E-state index in [9.17, 15) is 0 Å². The fourth-order valence-corrected chi connectivity index (χ4v) is 11.1. The SMILES string of the molecule is Cc1ccccc1N(c1cc(C)c(-c2c(C)cc(N(c3ccc4c(c3)C(C)(C)c3ccccc3-4)c3ccccc3C)cc2C)c(C)c1)c1ccc2c(c1)C(C)(C)c1ccccc1-2. The van der Waals surface area contributed by atoms with Crippen molar-refractivity contribution in [3.8, 4) is 33.4 Å². The number of hydrogen-bond acceptors (Lipinski definition) is 2. The summed E-state index contributed by atoms with van der Waals surface area (Å²) in [6.45, 7) is 23.1. The summed E-state index contributed by atoms with van der Waals surface area (Å²) in [6, 6.07) is 59.2. The Labute approximate surface area is 369 Å². The van der Waals surface area contributed by atoms with E-state index in [1.165, 1.54) is 123 Å². The molecule has 0 spiro atoms. The maximum atomic E-state index is 2.47. The van der Waals surface area contributed by atoms with E-state index in [0.29, 0.717) is 0 Å². The molecule has 10 rings (SSSR count). The summed E-state index contributed by atoms with van der Waals surface area (Å²) in [6.07, 6.45) is 0. The van der Waals surface area contributed by atoms with Crippen LogP contribution in [-0.4, -0.2) is 0 Å². The van der Waals surface area contributed by atoms with Crippen LogP contribution in [0, 0.1) is 41.5 Å². The summed E-state index contributed by atoms with van der Waals surface area (Å²) in [5, 5.41) is 0. The number of nitrogens with zero attached hydrogens (tertiary/aromatic N) is 2. The average Bonchev–Trinajstić information content (AvgIpc) is 3.62. The average molecular weight is 805 g/mol. The Hall–Kier alpha value is -6.64. The minimum atomic E-state index is -0.0893. The minimum absolute atomic E-state index is 0.0893. The Morgan fingerprint density at radius 1 is 0.290 bits per heavy atom. The van der Waals surface area contributed by atoms with E-state index in [1.54, 1.807) is 0 Å². The third kappa shape index (κ3) is 6.06. The van der Waals surface area contributed by atoms with Gasteiger partial charge in [-0.25, -0.2) is 0 Å². The molecule has 2 nitrogen and oxygen atoms in total. The van der Waals surface area contributed by atoms with Crippen LogP contribution < -0.4 is 9.80 Å². The normalized spacial score (nSPS) is 13.9. The third-order valence-corrected chi connectivity index (χ3v) is 14.2. The van der Waals surface area contributed by atoms with Crippen LogP contribution in [0.4, 0.5) is 34.1 Å².